The molecule has 6 nitrogen and oxygen atoms in total. The van der Waals surface area contributed by atoms with E-state index in [2.05, 4.69) is 17.1 Å². The van der Waals surface area contributed by atoms with Crippen LogP contribution in [0.1, 0.15) is 17.5 Å². The zero-order valence-electron chi connectivity index (χ0n) is 19.4. The number of benzene rings is 4. The fourth-order valence-corrected chi connectivity index (χ4v) is 4.64. The highest BCUT2D eigenvalue weighted by Crippen LogP contribution is 2.37. The number of carboxylic acid groups (broad SMARTS) is 1. The van der Waals surface area contributed by atoms with Gasteiger partial charge >= 0.3 is 6.16 Å². The highest BCUT2D eigenvalue weighted by molar-refractivity contribution is 5.98. The molecule has 0 unspecified atom stereocenters. The topological polar surface area (TPSA) is 97.6 Å². The first-order chi connectivity index (χ1) is 17.0. The molecule has 4 N–H and O–H groups in total. The van der Waals surface area contributed by atoms with E-state index in [-0.39, 0.29) is 5.88 Å². The lowest BCUT2D eigenvalue weighted by atomic mass is 9.97. The van der Waals surface area contributed by atoms with Gasteiger partial charge in [-0.15, -0.1) is 0 Å². The molecular formula is C29H26N2O4. The SMILES string of the molecule is Cc1cc(N)ccc1-c1cccc2c(CCCOc3cccc4ccccc34)c(OC(=O)O)[nH]c12. The third-order valence-corrected chi connectivity index (χ3v) is 6.21. The number of hydrogen-bond donors (Lipinski definition) is 3. The molecule has 5 aromatic rings. The minimum Gasteiger partial charge on any atom is -0.493 e. The van der Waals surface area contributed by atoms with Crippen molar-refractivity contribution in [2.45, 2.75) is 19.8 Å². The number of H-pyrrole nitrogens is 1. The molecule has 0 aliphatic rings. The fraction of sp³-hybridized carbons (Fsp3) is 0.138. The minimum absolute atomic E-state index is 0.248. The van der Waals surface area contributed by atoms with Gasteiger partial charge in [-0.1, -0.05) is 60.7 Å². The lowest BCUT2D eigenvalue weighted by Gasteiger charge is -2.10. The Bertz CT molecular complexity index is 1530. The Morgan fingerprint density at radius 3 is 2.54 bits per heavy atom. The number of ether oxygens (including phenoxy) is 2. The molecule has 0 aliphatic heterocycles. The maximum Gasteiger partial charge on any atom is 0.512 e. The van der Waals surface area contributed by atoms with Crippen molar-refractivity contribution in [3.63, 3.8) is 0 Å². The van der Waals surface area contributed by atoms with Crippen molar-refractivity contribution in [1.82, 2.24) is 4.98 Å². The van der Waals surface area contributed by atoms with E-state index in [1.54, 1.807) is 0 Å². The van der Waals surface area contributed by atoms with Crippen LogP contribution in [0.3, 0.4) is 0 Å². The van der Waals surface area contributed by atoms with Gasteiger partial charge in [0, 0.05) is 27.6 Å². The number of fused-ring (bicyclic) bond motifs is 2. The van der Waals surface area contributed by atoms with Crippen molar-refractivity contribution in [2.24, 2.45) is 0 Å². The molecule has 1 aromatic heterocycles. The summed E-state index contributed by atoms with van der Waals surface area (Å²) in [4.78, 5) is 14.6. The maximum absolute atomic E-state index is 11.4. The smallest absolute Gasteiger partial charge is 0.493 e. The predicted molar refractivity (Wildman–Crippen MR) is 139 cm³/mol. The molecule has 6 heteroatoms. The van der Waals surface area contributed by atoms with Gasteiger partial charge in [0.25, 0.3) is 0 Å². The number of aromatic amines is 1. The normalized spacial score (nSPS) is 11.1. The molecule has 0 amide bonds. The molecular weight excluding hydrogens is 440 g/mol. The molecule has 0 saturated carbocycles. The number of anilines is 1. The van der Waals surface area contributed by atoms with Gasteiger partial charge in [-0.2, -0.15) is 0 Å². The van der Waals surface area contributed by atoms with Crippen molar-refractivity contribution < 1.29 is 19.4 Å². The second-order valence-corrected chi connectivity index (χ2v) is 8.53. The van der Waals surface area contributed by atoms with Crippen LogP contribution in [0.4, 0.5) is 10.5 Å². The van der Waals surface area contributed by atoms with Crippen molar-refractivity contribution in [2.75, 3.05) is 12.3 Å². The van der Waals surface area contributed by atoms with E-state index in [0.29, 0.717) is 25.1 Å². The third-order valence-electron chi connectivity index (χ3n) is 6.21. The average Bonchev–Trinajstić information content (AvgIpc) is 3.18. The van der Waals surface area contributed by atoms with Crippen LogP contribution in [-0.2, 0) is 6.42 Å². The summed E-state index contributed by atoms with van der Waals surface area (Å²) in [6.45, 7) is 2.50. The number of nitrogens with one attached hydrogen (secondary N) is 1. The third kappa shape index (κ3) is 4.51. The van der Waals surface area contributed by atoms with E-state index in [0.717, 1.165) is 49.7 Å². The van der Waals surface area contributed by atoms with Crippen LogP contribution in [0.5, 0.6) is 11.6 Å². The maximum atomic E-state index is 11.4. The number of nitrogens with two attached hydrogens (primary N) is 1. The zero-order chi connectivity index (χ0) is 24.4. The number of para-hydroxylation sites is 1. The van der Waals surface area contributed by atoms with Crippen LogP contribution in [0.25, 0.3) is 32.8 Å². The van der Waals surface area contributed by atoms with Crippen LogP contribution >= 0.6 is 0 Å². The lowest BCUT2D eigenvalue weighted by molar-refractivity contribution is 0.142. The molecule has 1 heterocycles. The zero-order valence-corrected chi connectivity index (χ0v) is 19.4. The van der Waals surface area contributed by atoms with E-state index in [1.807, 2.05) is 73.7 Å². The summed E-state index contributed by atoms with van der Waals surface area (Å²) in [5, 5.41) is 12.4. The number of aryl methyl sites for hydroxylation is 2. The van der Waals surface area contributed by atoms with Crippen LogP contribution in [-0.4, -0.2) is 22.9 Å². The second-order valence-electron chi connectivity index (χ2n) is 8.53. The van der Waals surface area contributed by atoms with Gasteiger partial charge in [0.15, 0.2) is 0 Å². The summed E-state index contributed by atoms with van der Waals surface area (Å²) < 4.78 is 11.2. The number of aromatic nitrogens is 1. The first kappa shape index (κ1) is 22.3. The Labute approximate surface area is 202 Å². The van der Waals surface area contributed by atoms with Gasteiger partial charge in [-0.3, -0.25) is 0 Å². The number of nitrogen functional groups attached to an aromatic ring is 1. The highest BCUT2D eigenvalue weighted by Gasteiger charge is 2.18. The van der Waals surface area contributed by atoms with Crippen LogP contribution < -0.4 is 15.2 Å². The molecule has 0 atom stereocenters. The molecule has 0 saturated heterocycles. The largest absolute Gasteiger partial charge is 0.512 e. The number of hydrogen-bond acceptors (Lipinski definition) is 4. The van der Waals surface area contributed by atoms with Gasteiger partial charge in [-0.25, -0.2) is 4.79 Å². The fourth-order valence-electron chi connectivity index (χ4n) is 4.64. The first-order valence-electron chi connectivity index (χ1n) is 11.5. The van der Waals surface area contributed by atoms with E-state index in [1.165, 1.54) is 0 Å². The summed E-state index contributed by atoms with van der Waals surface area (Å²) in [7, 11) is 0. The summed E-state index contributed by atoms with van der Waals surface area (Å²) in [5.74, 6) is 1.09. The van der Waals surface area contributed by atoms with Crippen molar-refractivity contribution >= 4 is 33.5 Å². The Kier molecular flexibility index (Phi) is 6.02. The molecule has 0 radical (unpaired) electrons. The van der Waals surface area contributed by atoms with E-state index in [9.17, 15) is 9.90 Å². The van der Waals surface area contributed by atoms with Crippen molar-refractivity contribution in [3.05, 3.63) is 90.0 Å². The lowest BCUT2D eigenvalue weighted by Crippen LogP contribution is -2.06. The molecule has 0 spiro atoms. The van der Waals surface area contributed by atoms with Gasteiger partial charge < -0.3 is 25.3 Å². The van der Waals surface area contributed by atoms with Crippen molar-refractivity contribution in [1.29, 1.82) is 0 Å². The molecule has 0 aliphatic carbocycles. The standard InChI is InChI=1S/C29H26N2O4/c1-18-17-20(30)14-15-21(18)23-10-5-11-24-25(28(31-27(23)24)35-29(32)33)12-6-16-34-26-13-4-8-19-7-2-3-9-22(19)26/h2-5,7-11,13-15,17,31H,6,12,16,30H2,1H3,(H,32,33). The van der Waals surface area contributed by atoms with Gasteiger partial charge in [0.2, 0.25) is 5.88 Å². The second kappa shape index (κ2) is 9.43. The van der Waals surface area contributed by atoms with Gasteiger partial charge in [-0.05, 0) is 54.5 Å². The van der Waals surface area contributed by atoms with Crippen LogP contribution in [0, 0.1) is 6.92 Å². The summed E-state index contributed by atoms with van der Waals surface area (Å²) >= 11 is 0. The first-order valence-corrected chi connectivity index (χ1v) is 11.5. The van der Waals surface area contributed by atoms with E-state index < -0.39 is 6.16 Å². The highest BCUT2D eigenvalue weighted by atomic mass is 16.7. The Morgan fingerprint density at radius 2 is 1.71 bits per heavy atom. The van der Waals surface area contributed by atoms with E-state index >= 15 is 0 Å². The molecule has 0 bridgehead atoms. The number of rotatable bonds is 7. The molecule has 0 fully saturated rings. The van der Waals surface area contributed by atoms with E-state index in [4.69, 9.17) is 15.2 Å². The number of carbonyl (C=O) groups is 1. The van der Waals surface area contributed by atoms with Crippen molar-refractivity contribution in [3.8, 4) is 22.8 Å². The monoisotopic (exact) mass is 466 g/mol. The summed E-state index contributed by atoms with van der Waals surface area (Å²) in [5.41, 5.74) is 11.3. The Morgan fingerprint density at radius 1 is 0.943 bits per heavy atom. The quantitative estimate of drug-likeness (QED) is 0.137. The molecule has 4 aromatic carbocycles. The molecule has 5 rings (SSSR count). The average molecular weight is 467 g/mol. The minimum atomic E-state index is -1.35. The Balaban J connectivity index is 1.43. The predicted octanol–water partition coefficient (Wildman–Crippen LogP) is 6.95. The summed E-state index contributed by atoms with van der Waals surface area (Å²) in [6, 6.07) is 25.9. The Hall–Kier alpha value is -4.45. The van der Waals surface area contributed by atoms with Crippen LogP contribution in [0.15, 0.2) is 78.9 Å². The van der Waals surface area contributed by atoms with Crippen LogP contribution in [0.2, 0.25) is 0 Å². The van der Waals surface area contributed by atoms with Gasteiger partial charge in [0.1, 0.15) is 5.75 Å². The molecule has 35 heavy (non-hydrogen) atoms. The molecule has 176 valence electrons. The van der Waals surface area contributed by atoms with Gasteiger partial charge in [0.05, 0.1) is 12.1 Å². The summed E-state index contributed by atoms with van der Waals surface area (Å²) in [6.07, 6.45) is -0.0653.